The van der Waals surface area contributed by atoms with E-state index in [1.807, 2.05) is 22.7 Å². The van der Waals surface area contributed by atoms with Gasteiger partial charge in [0.05, 0.1) is 16.7 Å². The first kappa shape index (κ1) is 36.8. The summed E-state index contributed by atoms with van der Waals surface area (Å²) in [6.45, 7) is 20.7. The van der Waals surface area contributed by atoms with Crippen LogP contribution in [0.3, 0.4) is 0 Å². The first-order valence-electron chi connectivity index (χ1n) is 22.0. The Hall–Kier alpha value is -5.82. The van der Waals surface area contributed by atoms with Crippen LogP contribution in [0.2, 0.25) is 0 Å². The molecule has 0 N–H and O–H groups in total. The van der Waals surface area contributed by atoms with Gasteiger partial charge >= 0.3 is 6.85 Å². The molecular formula is C56H47BN2OS2. The second-order valence-electron chi connectivity index (χ2n) is 21.0. The predicted octanol–water partition coefficient (Wildman–Crippen LogP) is 15.4. The van der Waals surface area contributed by atoms with E-state index in [0.29, 0.717) is 0 Å². The molecule has 0 saturated heterocycles. The number of thiophene rings is 2. The lowest BCUT2D eigenvalue weighted by molar-refractivity contribution is 0.587. The highest BCUT2D eigenvalue weighted by Crippen LogP contribution is 2.50. The fraction of sp³-hybridized carbons (Fsp3) is 0.214. The zero-order valence-corrected chi connectivity index (χ0v) is 38.4. The van der Waals surface area contributed by atoms with Gasteiger partial charge in [0.15, 0.2) is 0 Å². The van der Waals surface area contributed by atoms with Crippen molar-refractivity contribution in [3.05, 3.63) is 138 Å². The quantitative estimate of drug-likeness (QED) is 0.154. The van der Waals surface area contributed by atoms with Crippen LogP contribution in [0.5, 0.6) is 0 Å². The fourth-order valence-corrected chi connectivity index (χ4v) is 13.1. The minimum atomic E-state index is -0.0472. The molecule has 0 radical (unpaired) electrons. The van der Waals surface area contributed by atoms with Gasteiger partial charge in [0.2, 0.25) is 0 Å². The number of rotatable bonds is 1. The molecule has 4 aromatic heterocycles. The van der Waals surface area contributed by atoms with Gasteiger partial charge < -0.3 is 13.8 Å². The van der Waals surface area contributed by atoms with Crippen molar-refractivity contribution in [1.29, 1.82) is 0 Å². The molecule has 6 heteroatoms. The maximum Gasteiger partial charge on any atom is 0.343 e. The maximum atomic E-state index is 6.85. The van der Waals surface area contributed by atoms with Crippen LogP contribution >= 0.6 is 22.7 Å². The Morgan fingerprint density at radius 1 is 0.484 bits per heavy atom. The highest BCUT2D eigenvalue weighted by atomic mass is 32.1. The van der Waals surface area contributed by atoms with Gasteiger partial charge in [-0.05, 0) is 105 Å². The van der Waals surface area contributed by atoms with Gasteiger partial charge in [-0.25, -0.2) is 0 Å². The summed E-state index contributed by atoms with van der Waals surface area (Å²) in [5, 5.41) is 8.94. The summed E-state index contributed by atoms with van der Waals surface area (Å²) in [4.78, 5) is 2.68. The fourth-order valence-electron chi connectivity index (χ4n) is 10.7. The molecule has 0 aliphatic carbocycles. The highest BCUT2D eigenvalue weighted by molar-refractivity contribution is 7.32. The molecule has 2 aliphatic rings. The summed E-state index contributed by atoms with van der Waals surface area (Å²) in [7, 11) is 0. The van der Waals surface area contributed by atoms with Crippen molar-refractivity contribution >= 4 is 125 Å². The maximum absolute atomic E-state index is 6.85. The molecule has 0 saturated carbocycles. The molecule has 302 valence electrons. The first-order valence-corrected chi connectivity index (χ1v) is 23.7. The summed E-state index contributed by atoms with van der Waals surface area (Å²) in [6.07, 6.45) is 0. The van der Waals surface area contributed by atoms with Gasteiger partial charge in [-0.1, -0.05) is 123 Å². The highest BCUT2D eigenvalue weighted by Gasteiger charge is 2.46. The van der Waals surface area contributed by atoms with Crippen LogP contribution in [0.4, 0.5) is 11.4 Å². The van der Waals surface area contributed by atoms with Crippen LogP contribution in [0, 0.1) is 0 Å². The number of anilines is 2. The van der Waals surface area contributed by atoms with Crippen LogP contribution in [0.15, 0.2) is 126 Å². The Morgan fingerprint density at radius 2 is 1.16 bits per heavy atom. The van der Waals surface area contributed by atoms with Gasteiger partial charge in [0, 0.05) is 73.5 Å². The van der Waals surface area contributed by atoms with Crippen molar-refractivity contribution in [2.75, 3.05) is 4.81 Å². The van der Waals surface area contributed by atoms with E-state index in [-0.39, 0.29) is 23.1 Å². The zero-order chi connectivity index (χ0) is 42.4. The van der Waals surface area contributed by atoms with Crippen LogP contribution in [-0.2, 0) is 16.2 Å². The molecule has 0 atom stereocenters. The molecule has 2 aliphatic heterocycles. The Bertz CT molecular complexity index is 3760. The normalized spacial score (nSPS) is 14.1. The molecule has 0 fully saturated rings. The third-order valence-corrected chi connectivity index (χ3v) is 16.4. The minimum Gasteiger partial charge on any atom is -0.456 e. The lowest BCUT2D eigenvalue weighted by Crippen LogP contribution is -2.59. The molecule has 62 heavy (non-hydrogen) atoms. The van der Waals surface area contributed by atoms with E-state index < -0.39 is 0 Å². The van der Waals surface area contributed by atoms with E-state index in [0.717, 1.165) is 21.9 Å². The molecule has 6 heterocycles. The monoisotopic (exact) mass is 838 g/mol. The number of fused-ring (bicyclic) bond motifs is 16. The summed E-state index contributed by atoms with van der Waals surface area (Å²) in [5.41, 5.74) is 16.1. The lowest BCUT2D eigenvalue weighted by Gasteiger charge is -2.41. The van der Waals surface area contributed by atoms with E-state index in [4.69, 9.17) is 4.42 Å². The third-order valence-electron chi connectivity index (χ3n) is 14.0. The number of nitrogens with zero attached hydrogens (tertiary/aromatic N) is 2. The van der Waals surface area contributed by atoms with Crippen molar-refractivity contribution in [3.63, 3.8) is 0 Å². The number of benzene rings is 7. The summed E-state index contributed by atoms with van der Waals surface area (Å²) in [5.74, 6) is 0. The molecule has 13 rings (SSSR count). The summed E-state index contributed by atoms with van der Waals surface area (Å²) < 4.78 is 14.9. The second-order valence-corrected chi connectivity index (χ2v) is 23.2. The zero-order valence-electron chi connectivity index (χ0n) is 36.7. The van der Waals surface area contributed by atoms with Crippen molar-refractivity contribution < 1.29 is 4.42 Å². The van der Waals surface area contributed by atoms with Gasteiger partial charge in [-0.3, -0.25) is 0 Å². The van der Waals surface area contributed by atoms with Crippen LogP contribution in [-0.4, -0.2) is 11.4 Å². The predicted molar refractivity (Wildman–Crippen MR) is 271 cm³/mol. The topological polar surface area (TPSA) is 21.3 Å². The Kier molecular flexibility index (Phi) is 7.12. The first-order chi connectivity index (χ1) is 29.6. The molecule has 11 aromatic rings. The van der Waals surface area contributed by atoms with Crippen molar-refractivity contribution in [3.8, 4) is 16.8 Å². The lowest BCUT2D eigenvalue weighted by atomic mass is 9.47. The van der Waals surface area contributed by atoms with E-state index in [2.05, 4.69) is 193 Å². The number of hydrogen-bond acceptors (Lipinski definition) is 4. The molecule has 0 unspecified atom stereocenters. The molecule has 0 amide bonds. The smallest absolute Gasteiger partial charge is 0.343 e. The van der Waals surface area contributed by atoms with E-state index in [1.165, 1.54) is 107 Å². The van der Waals surface area contributed by atoms with Crippen molar-refractivity contribution in [2.24, 2.45) is 0 Å². The molecule has 7 aromatic carbocycles. The van der Waals surface area contributed by atoms with Crippen molar-refractivity contribution in [1.82, 2.24) is 4.57 Å². The summed E-state index contributed by atoms with van der Waals surface area (Å²) in [6, 6.07) is 47.0. The second kappa shape index (κ2) is 12.0. The molecule has 3 nitrogen and oxygen atoms in total. The Balaban J connectivity index is 1.19. The minimum absolute atomic E-state index is 0.0110. The number of hydrogen-bond donors (Lipinski definition) is 0. The SMILES string of the molecule is CC(C)(C)c1ccc(N2B3c4sc5ccc(C(C)(C)C)cc5c4-n4c5cc6sc7ccccc7c6cc5c5ccc(c3c54)-c3cc4oc5cc(C(C)(C)C)ccc5c4cc32)cc1. The average molecular weight is 839 g/mol. The van der Waals surface area contributed by atoms with E-state index >= 15 is 0 Å². The Labute approximate surface area is 370 Å². The average Bonchev–Trinajstić information content (AvgIpc) is 3.99. The molecule has 0 bridgehead atoms. The third kappa shape index (κ3) is 4.94. The van der Waals surface area contributed by atoms with Crippen LogP contribution < -0.4 is 15.1 Å². The Morgan fingerprint density at radius 3 is 1.94 bits per heavy atom. The summed E-state index contributed by atoms with van der Waals surface area (Å²) >= 11 is 3.88. The molecular weight excluding hydrogens is 792 g/mol. The van der Waals surface area contributed by atoms with Crippen LogP contribution in [0.1, 0.15) is 79.0 Å². The van der Waals surface area contributed by atoms with Gasteiger partial charge in [-0.2, -0.15) is 0 Å². The largest absolute Gasteiger partial charge is 0.456 e. The van der Waals surface area contributed by atoms with Crippen LogP contribution in [0.25, 0.3) is 90.8 Å². The molecule has 0 spiro atoms. The van der Waals surface area contributed by atoms with E-state index in [9.17, 15) is 0 Å². The van der Waals surface area contributed by atoms with E-state index in [1.54, 1.807) is 0 Å². The standard InChI is InChI=1S/C56H47BN2OS2/c1-54(2,3)30-14-18-33(19-15-30)59-44-27-40-34-20-16-32(56(7,8)9)25-45(34)60-46(40)28-39(44)36-21-22-37-38-26-41-35-12-10-11-13-47(35)61-49(41)29-43(38)58-51(37)50(36)57(59)53-52(58)42-24-31(55(4,5)6)17-23-48(42)62-53/h10-29H,1-9H3. The van der Waals surface area contributed by atoms with Gasteiger partial charge in [-0.15, -0.1) is 22.7 Å². The van der Waals surface area contributed by atoms with Gasteiger partial charge in [0.1, 0.15) is 11.2 Å². The number of aromatic nitrogens is 1. The van der Waals surface area contributed by atoms with Gasteiger partial charge in [0.25, 0.3) is 0 Å². The van der Waals surface area contributed by atoms with Crippen molar-refractivity contribution in [2.45, 2.75) is 78.6 Å². The number of furan rings is 1.